The molecule has 0 aliphatic carbocycles. The molecule has 0 aliphatic heterocycles. The van der Waals surface area contributed by atoms with Crippen molar-refractivity contribution in [2.24, 2.45) is 0 Å². The lowest BCUT2D eigenvalue weighted by molar-refractivity contribution is -0.120. The Kier molecular flexibility index (Phi) is 5.72. The van der Waals surface area contributed by atoms with Crippen LogP contribution in [0.5, 0.6) is 5.75 Å². The van der Waals surface area contributed by atoms with Gasteiger partial charge in [0.25, 0.3) is 0 Å². The van der Waals surface area contributed by atoms with Crippen molar-refractivity contribution < 1.29 is 18.3 Å². The Hall–Kier alpha value is -2.14. The van der Waals surface area contributed by atoms with E-state index in [1.165, 1.54) is 12.1 Å². The Balaban J connectivity index is 1.84. The van der Waals surface area contributed by atoms with Gasteiger partial charge in [0.15, 0.2) is 0 Å². The zero-order chi connectivity index (χ0) is 15.9. The van der Waals surface area contributed by atoms with Crippen LogP contribution in [0.3, 0.4) is 0 Å². The van der Waals surface area contributed by atoms with E-state index in [0.29, 0.717) is 17.1 Å². The largest absolute Gasteiger partial charge is 0.435 e. The second-order valence-corrected chi connectivity index (χ2v) is 5.04. The zero-order valence-corrected chi connectivity index (χ0v) is 12.3. The van der Waals surface area contributed by atoms with Crippen molar-refractivity contribution in [1.82, 2.24) is 5.32 Å². The van der Waals surface area contributed by atoms with Crippen LogP contribution in [-0.2, 0) is 17.8 Å². The smallest absolute Gasteiger partial charge is 0.387 e. The molecular formula is C16H14ClF2NO2. The minimum absolute atomic E-state index is 0.0677. The second-order valence-electron chi connectivity index (χ2n) is 4.61. The zero-order valence-electron chi connectivity index (χ0n) is 11.6. The Bertz CT molecular complexity index is 632. The minimum atomic E-state index is -2.85. The van der Waals surface area contributed by atoms with Crippen LogP contribution in [-0.4, -0.2) is 12.5 Å². The molecule has 22 heavy (non-hydrogen) atoms. The average molecular weight is 326 g/mol. The molecule has 0 radical (unpaired) electrons. The van der Waals surface area contributed by atoms with E-state index in [2.05, 4.69) is 10.1 Å². The van der Waals surface area contributed by atoms with E-state index in [1.807, 2.05) is 12.1 Å². The van der Waals surface area contributed by atoms with Crippen molar-refractivity contribution in [3.63, 3.8) is 0 Å². The van der Waals surface area contributed by atoms with Crippen molar-refractivity contribution in [2.75, 3.05) is 0 Å². The molecule has 2 rings (SSSR count). The summed E-state index contributed by atoms with van der Waals surface area (Å²) in [5, 5.41) is 3.39. The van der Waals surface area contributed by atoms with E-state index >= 15 is 0 Å². The Labute approximate surface area is 131 Å². The molecule has 0 saturated carbocycles. The van der Waals surface area contributed by atoms with Crippen molar-refractivity contribution in [2.45, 2.75) is 19.6 Å². The normalized spacial score (nSPS) is 10.5. The molecule has 116 valence electrons. The summed E-state index contributed by atoms with van der Waals surface area (Å²) in [5.41, 5.74) is 1.62. The molecule has 0 bridgehead atoms. The van der Waals surface area contributed by atoms with Crippen molar-refractivity contribution in [3.05, 3.63) is 64.7 Å². The lowest BCUT2D eigenvalue weighted by Crippen LogP contribution is -2.24. The van der Waals surface area contributed by atoms with Crippen LogP contribution < -0.4 is 10.1 Å². The first kappa shape index (κ1) is 16.2. The minimum Gasteiger partial charge on any atom is -0.435 e. The highest BCUT2D eigenvalue weighted by atomic mass is 35.5. The van der Waals surface area contributed by atoms with Gasteiger partial charge in [0.1, 0.15) is 5.75 Å². The molecule has 6 heteroatoms. The number of hydrogen-bond donors (Lipinski definition) is 1. The number of benzene rings is 2. The number of carbonyl (C=O) groups is 1. The molecule has 0 atom stereocenters. The van der Waals surface area contributed by atoms with Crippen LogP contribution >= 0.6 is 11.6 Å². The maximum absolute atomic E-state index is 12.0. The molecule has 0 aromatic heterocycles. The number of carbonyl (C=O) groups excluding carboxylic acids is 1. The van der Waals surface area contributed by atoms with Crippen molar-refractivity contribution in [3.8, 4) is 5.75 Å². The predicted molar refractivity (Wildman–Crippen MR) is 80.1 cm³/mol. The maximum Gasteiger partial charge on any atom is 0.387 e. The lowest BCUT2D eigenvalue weighted by atomic mass is 10.1. The molecule has 0 spiro atoms. The summed E-state index contributed by atoms with van der Waals surface area (Å²) in [6, 6.07) is 13.2. The predicted octanol–water partition coefficient (Wildman–Crippen LogP) is 3.80. The molecule has 1 amide bonds. The van der Waals surface area contributed by atoms with Crippen LogP contribution in [0.4, 0.5) is 8.78 Å². The van der Waals surface area contributed by atoms with Crippen LogP contribution in [0.15, 0.2) is 48.5 Å². The van der Waals surface area contributed by atoms with E-state index in [4.69, 9.17) is 11.6 Å². The fourth-order valence-corrected chi connectivity index (χ4v) is 2.10. The first-order valence-corrected chi connectivity index (χ1v) is 6.95. The van der Waals surface area contributed by atoms with Gasteiger partial charge in [0, 0.05) is 11.6 Å². The third-order valence-electron chi connectivity index (χ3n) is 2.89. The summed E-state index contributed by atoms with van der Waals surface area (Å²) >= 11 is 5.86. The van der Waals surface area contributed by atoms with Gasteiger partial charge in [0.2, 0.25) is 5.91 Å². The number of ether oxygens (including phenoxy) is 1. The summed E-state index contributed by atoms with van der Waals surface area (Å²) in [4.78, 5) is 11.8. The second kappa shape index (κ2) is 7.75. The lowest BCUT2D eigenvalue weighted by Gasteiger charge is -2.07. The van der Waals surface area contributed by atoms with Crippen LogP contribution in [0.2, 0.25) is 5.02 Å². The summed E-state index contributed by atoms with van der Waals surface area (Å²) in [6.45, 7) is -2.47. The molecule has 0 fully saturated rings. The van der Waals surface area contributed by atoms with Gasteiger partial charge in [-0.25, -0.2) is 0 Å². The fourth-order valence-electron chi connectivity index (χ4n) is 1.88. The Morgan fingerprint density at radius 3 is 2.50 bits per heavy atom. The van der Waals surface area contributed by atoms with Gasteiger partial charge in [-0.1, -0.05) is 35.9 Å². The standard InChI is InChI=1S/C16H14ClF2NO2/c17-13-3-1-2-12(8-13)10-20-15(21)9-11-4-6-14(7-5-11)22-16(18)19/h1-8,16H,9-10H2,(H,20,21). The molecule has 0 aliphatic rings. The average Bonchev–Trinajstić information content (AvgIpc) is 2.47. The molecule has 1 N–H and O–H groups in total. The third-order valence-corrected chi connectivity index (χ3v) is 3.13. The van der Waals surface area contributed by atoms with Gasteiger partial charge in [0.05, 0.1) is 6.42 Å². The maximum atomic E-state index is 12.0. The number of hydrogen-bond acceptors (Lipinski definition) is 2. The summed E-state index contributed by atoms with van der Waals surface area (Å²) in [7, 11) is 0. The monoisotopic (exact) mass is 325 g/mol. The van der Waals surface area contributed by atoms with Crippen LogP contribution in [0.25, 0.3) is 0 Å². The van der Waals surface area contributed by atoms with Gasteiger partial charge < -0.3 is 10.1 Å². The Morgan fingerprint density at radius 2 is 1.86 bits per heavy atom. The molecule has 2 aromatic carbocycles. The van der Waals surface area contributed by atoms with E-state index in [9.17, 15) is 13.6 Å². The topological polar surface area (TPSA) is 38.3 Å². The van der Waals surface area contributed by atoms with Crippen molar-refractivity contribution in [1.29, 1.82) is 0 Å². The third kappa shape index (κ3) is 5.33. The first-order valence-electron chi connectivity index (χ1n) is 6.58. The number of alkyl halides is 2. The fraction of sp³-hybridized carbons (Fsp3) is 0.188. The van der Waals surface area contributed by atoms with Crippen LogP contribution in [0, 0.1) is 0 Å². The van der Waals surface area contributed by atoms with E-state index in [-0.39, 0.29) is 18.1 Å². The van der Waals surface area contributed by atoms with Gasteiger partial charge in [-0.3, -0.25) is 4.79 Å². The number of rotatable bonds is 6. The summed E-state index contributed by atoms with van der Waals surface area (Å²) < 4.78 is 28.3. The van der Waals surface area contributed by atoms with Gasteiger partial charge in [-0.05, 0) is 35.4 Å². The van der Waals surface area contributed by atoms with Gasteiger partial charge in [-0.15, -0.1) is 0 Å². The summed E-state index contributed by atoms with van der Waals surface area (Å²) in [5.74, 6) is -0.0967. The summed E-state index contributed by atoms with van der Waals surface area (Å²) in [6.07, 6.45) is 0.162. The molecule has 0 saturated heterocycles. The number of nitrogens with one attached hydrogen (secondary N) is 1. The molecular weight excluding hydrogens is 312 g/mol. The molecule has 2 aromatic rings. The highest BCUT2D eigenvalue weighted by Crippen LogP contribution is 2.15. The molecule has 0 heterocycles. The quantitative estimate of drug-likeness (QED) is 0.877. The molecule has 3 nitrogen and oxygen atoms in total. The highest BCUT2D eigenvalue weighted by molar-refractivity contribution is 6.30. The highest BCUT2D eigenvalue weighted by Gasteiger charge is 2.06. The van der Waals surface area contributed by atoms with Gasteiger partial charge >= 0.3 is 6.61 Å². The van der Waals surface area contributed by atoms with E-state index < -0.39 is 6.61 Å². The van der Waals surface area contributed by atoms with Crippen molar-refractivity contribution >= 4 is 17.5 Å². The van der Waals surface area contributed by atoms with Gasteiger partial charge in [-0.2, -0.15) is 8.78 Å². The molecule has 0 unspecified atom stereocenters. The Morgan fingerprint density at radius 1 is 1.14 bits per heavy atom. The van der Waals surface area contributed by atoms with E-state index in [0.717, 1.165) is 5.56 Å². The van der Waals surface area contributed by atoms with Crippen LogP contribution in [0.1, 0.15) is 11.1 Å². The number of halogens is 3. The number of amides is 1. The first-order chi connectivity index (χ1) is 10.5. The SMILES string of the molecule is O=C(Cc1ccc(OC(F)F)cc1)NCc1cccc(Cl)c1. The van der Waals surface area contributed by atoms with E-state index in [1.54, 1.807) is 24.3 Å².